The van der Waals surface area contributed by atoms with Crippen LogP contribution in [0.15, 0.2) is 41.2 Å². The summed E-state index contributed by atoms with van der Waals surface area (Å²) in [5.41, 5.74) is 0.657. The van der Waals surface area contributed by atoms with Crippen molar-refractivity contribution in [2.45, 2.75) is 0 Å². The highest BCUT2D eigenvalue weighted by Crippen LogP contribution is 2.27. The molecule has 3 aromatic rings. The van der Waals surface area contributed by atoms with Crippen molar-refractivity contribution >= 4 is 28.3 Å². The third kappa shape index (κ3) is 3.63. The largest absolute Gasteiger partial charge is 0.477 e. The molecule has 1 heterocycles. The number of H-pyrrole nitrogens is 2. The van der Waals surface area contributed by atoms with Crippen molar-refractivity contribution < 1.29 is 18.8 Å². The molecule has 0 fully saturated rings. The molecule has 3 N–H and O–H groups in total. The van der Waals surface area contributed by atoms with E-state index in [1.54, 1.807) is 12.1 Å². The number of rotatable bonds is 5. The average Bonchev–Trinajstić information content (AvgIpc) is 2.92. The van der Waals surface area contributed by atoms with Gasteiger partial charge in [-0.1, -0.05) is 0 Å². The van der Waals surface area contributed by atoms with Gasteiger partial charge >= 0.3 is 11.4 Å². The van der Waals surface area contributed by atoms with Crippen LogP contribution < -0.4 is 15.7 Å². The first-order chi connectivity index (χ1) is 11.9. The summed E-state index contributed by atoms with van der Waals surface area (Å²) in [4.78, 5) is 38.3. The summed E-state index contributed by atoms with van der Waals surface area (Å²) in [6.45, 7) is -0.550. The van der Waals surface area contributed by atoms with Crippen LogP contribution in [0.25, 0.3) is 11.0 Å². The summed E-state index contributed by atoms with van der Waals surface area (Å²) in [6, 6.07) is 7.42. The third-order valence-electron chi connectivity index (χ3n) is 3.28. The zero-order valence-corrected chi connectivity index (χ0v) is 12.5. The number of nitrogens with one attached hydrogen (secondary N) is 3. The van der Waals surface area contributed by atoms with E-state index in [-0.39, 0.29) is 11.4 Å². The van der Waals surface area contributed by atoms with E-state index in [0.29, 0.717) is 16.7 Å². The lowest BCUT2D eigenvalue weighted by Crippen LogP contribution is -2.20. The average molecular weight is 346 g/mol. The van der Waals surface area contributed by atoms with E-state index in [0.717, 1.165) is 18.2 Å². The van der Waals surface area contributed by atoms with Crippen LogP contribution >= 0.6 is 0 Å². The van der Waals surface area contributed by atoms with Crippen LogP contribution in [0.1, 0.15) is 0 Å². The molecule has 0 saturated heterocycles. The van der Waals surface area contributed by atoms with Crippen molar-refractivity contribution in [3.8, 4) is 5.75 Å². The third-order valence-corrected chi connectivity index (χ3v) is 3.28. The molecule has 1 aromatic heterocycles. The number of anilines is 1. The van der Waals surface area contributed by atoms with Gasteiger partial charge in [-0.25, -0.2) is 9.18 Å². The number of carbonyl (C=O) groups is 1. The fraction of sp³-hybridized carbons (Fsp3) is 0.0667. The number of imidazole rings is 1. The van der Waals surface area contributed by atoms with Gasteiger partial charge in [0.15, 0.2) is 6.61 Å². The second-order valence-electron chi connectivity index (χ2n) is 5.05. The topological polar surface area (TPSA) is 130 Å². The number of halogens is 1. The van der Waals surface area contributed by atoms with E-state index >= 15 is 0 Å². The number of hydrogen-bond acceptors (Lipinski definition) is 5. The molecule has 0 aliphatic heterocycles. The number of aromatic nitrogens is 2. The maximum Gasteiger partial charge on any atom is 0.323 e. The Hall–Kier alpha value is -3.69. The van der Waals surface area contributed by atoms with Crippen molar-refractivity contribution in [2.24, 2.45) is 0 Å². The number of ether oxygens (including phenoxy) is 1. The monoisotopic (exact) mass is 346 g/mol. The summed E-state index contributed by atoms with van der Waals surface area (Å²) in [5.74, 6) is -1.66. The van der Waals surface area contributed by atoms with Gasteiger partial charge in [-0.3, -0.25) is 14.9 Å². The molecular weight excluding hydrogens is 335 g/mol. The van der Waals surface area contributed by atoms with Crippen molar-refractivity contribution in [3.63, 3.8) is 0 Å². The zero-order valence-electron chi connectivity index (χ0n) is 12.5. The quantitative estimate of drug-likeness (QED) is 0.480. The first-order valence-corrected chi connectivity index (χ1v) is 7.01. The van der Waals surface area contributed by atoms with Gasteiger partial charge in [0.05, 0.1) is 16.0 Å². The molecule has 25 heavy (non-hydrogen) atoms. The minimum atomic E-state index is -0.733. The van der Waals surface area contributed by atoms with Gasteiger partial charge in [0.25, 0.3) is 5.91 Å². The van der Waals surface area contributed by atoms with Crippen LogP contribution in [-0.4, -0.2) is 27.4 Å². The molecule has 0 aliphatic carbocycles. The smallest absolute Gasteiger partial charge is 0.323 e. The van der Waals surface area contributed by atoms with Crippen LogP contribution in [-0.2, 0) is 4.79 Å². The van der Waals surface area contributed by atoms with Crippen LogP contribution in [0.2, 0.25) is 0 Å². The Labute approximate surface area is 138 Å². The maximum atomic E-state index is 13.2. The van der Waals surface area contributed by atoms with E-state index < -0.39 is 28.9 Å². The lowest BCUT2D eigenvalue weighted by Gasteiger charge is -2.08. The lowest BCUT2D eigenvalue weighted by atomic mass is 10.2. The Balaban J connectivity index is 1.69. The summed E-state index contributed by atoms with van der Waals surface area (Å²) < 4.78 is 18.2. The van der Waals surface area contributed by atoms with E-state index in [2.05, 4.69) is 15.3 Å². The van der Waals surface area contributed by atoms with E-state index in [4.69, 9.17) is 4.74 Å². The number of fused-ring (bicyclic) bond motifs is 1. The van der Waals surface area contributed by atoms with Crippen molar-refractivity contribution in [2.75, 3.05) is 11.9 Å². The predicted molar refractivity (Wildman–Crippen MR) is 86.1 cm³/mol. The number of amides is 1. The Bertz CT molecular complexity index is 1030. The standard InChI is InChI=1S/C15H11FN4O5/c16-8-1-4-12(20(23)24)13(5-8)25-7-14(21)17-9-2-3-10-11(6-9)19-15(22)18-10/h1-6H,7H2,(H,17,21)(H2,18,19,22). The fourth-order valence-corrected chi connectivity index (χ4v) is 2.21. The summed E-state index contributed by atoms with van der Waals surface area (Å²) in [7, 11) is 0. The highest BCUT2D eigenvalue weighted by Gasteiger charge is 2.17. The molecule has 128 valence electrons. The van der Waals surface area contributed by atoms with Crippen LogP contribution in [0, 0.1) is 15.9 Å². The fourth-order valence-electron chi connectivity index (χ4n) is 2.21. The summed E-state index contributed by atoms with van der Waals surface area (Å²) in [6.07, 6.45) is 0. The second kappa shape index (κ2) is 6.43. The number of aromatic amines is 2. The molecule has 0 saturated carbocycles. The van der Waals surface area contributed by atoms with Gasteiger partial charge in [0.2, 0.25) is 5.75 Å². The van der Waals surface area contributed by atoms with Gasteiger partial charge < -0.3 is 20.0 Å². The summed E-state index contributed by atoms with van der Waals surface area (Å²) >= 11 is 0. The van der Waals surface area contributed by atoms with E-state index in [1.165, 1.54) is 6.07 Å². The number of nitro benzene ring substituents is 1. The Morgan fingerprint density at radius 1 is 1.20 bits per heavy atom. The molecule has 0 atom stereocenters. The molecule has 0 radical (unpaired) electrons. The Morgan fingerprint density at radius 2 is 1.96 bits per heavy atom. The van der Waals surface area contributed by atoms with Gasteiger partial charge in [-0.15, -0.1) is 0 Å². The minimum Gasteiger partial charge on any atom is -0.477 e. The maximum absolute atomic E-state index is 13.2. The molecule has 2 aromatic carbocycles. The molecule has 3 rings (SSSR count). The molecule has 0 spiro atoms. The second-order valence-corrected chi connectivity index (χ2v) is 5.05. The summed E-state index contributed by atoms with van der Waals surface area (Å²) in [5, 5.41) is 13.4. The zero-order chi connectivity index (χ0) is 18.0. The molecule has 0 unspecified atom stereocenters. The lowest BCUT2D eigenvalue weighted by molar-refractivity contribution is -0.385. The SMILES string of the molecule is O=C(COc1cc(F)ccc1[N+](=O)[O-])Nc1ccc2[nH]c(=O)[nH]c2c1. The number of nitrogens with zero attached hydrogens (tertiary/aromatic N) is 1. The molecule has 10 heteroatoms. The first-order valence-electron chi connectivity index (χ1n) is 7.01. The Morgan fingerprint density at radius 3 is 2.72 bits per heavy atom. The predicted octanol–water partition coefficient (Wildman–Crippen LogP) is 1.92. The number of hydrogen-bond donors (Lipinski definition) is 3. The minimum absolute atomic E-state index is 0.342. The highest BCUT2D eigenvalue weighted by atomic mass is 19.1. The molecule has 9 nitrogen and oxygen atoms in total. The molecule has 0 aliphatic rings. The van der Waals surface area contributed by atoms with E-state index in [1.807, 2.05) is 0 Å². The number of benzene rings is 2. The van der Waals surface area contributed by atoms with Crippen molar-refractivity contribution in [3.05, 3.63) is 62.8 Å². The number of carbonyl (C=O) groups excluding carboxylic acids is 1. The normalized spacial score (nSPS) is 10.6. The van der Waals surface area contributed by atoms with Crippen LogP contribution in [0.4, 0.5) is 15.8 Å². The van der Waals surface area contributed by atoms with Crippen LogP contribution in [0.5, 0.6) is 5.75 Å². The van der Waals surface area contributed by atoms with E-state index in [9.17, 15) is 24.1 Å². The van der Waals surface area contributed by atoms with Crippen molar-refractivity contribution in [1.29, 1.82) is 0 Å². The van der Waals surface area contributed by atoms with Gasteiger partial charge in [0, 0.05) is 17.8 Å². The van der Waals surface area contributed by atoms with Crippen molar-refractivity contribution in [1.82, 2.24) is 9.97 Å². The number of nitro groups is 1. The Kier molecular flexibility index (Phi) is 4.16. The van der Waals surface area contributed by atoms with Gasteiger partial charge in [-0.05, 0) is 24.3 Å². The molecule has 0 bridgehead atoms. The van der Waals surface area contributed by atoms with Gasteiger partial charge in [-0.2, -0.15) is 0 Å². The first kappa shape index (κ1) is 16.2. The van der Waals surface area contributed by atoms with Crippen LogP contribution in [0.3, 0.4) is 0 Å². The van der Waals surface area contributed by atoms with Gasteiger partial charge in [0.1, 0.15) is 5.82 Å². The molecule has 1 amide bonds. The molecular formula is C15H11FN4O5. The highest BCUT2D eigenvalue weighted by molar-refractivity contribution is 5.93.